The van der Waals surface area contributed by atoms with E-state index in [1.165, 1.54) is 23.4 Å². The summed E-state index contributed by atoms with van der Waals surface area (Å²) in [5.41, 5.74) is 1.76. The maximum atomic E-state index is 13.5. The van der Waals surface area contributed by atoms with E-state index in [4.69, 9.17) is 21.3 Å². The predicted octanol–water partition coefficient (Wildman–Crippen LogP) is 4.85. The Morgan fingerprint density at radius 3 is 2.81 bits per heavy atom. The molecule has 0 spiro atoms. The highest BCUT2D eigenvalue weighted by molar-refractivity contribution is 7.99. The van der Waals surface area contributed by atoms with Crippen LogP contribution in [0.25, 0.3) is 16.6 Å². The highest BCUT2D eigenvalue weighted by atomic mass is 35.5. The molecule has 0 bridgehead atoms. The van der Waals surface area contributed by atoms with E-state index in [0.717, 1.165) is 31.4 Å². The molecule has 2 aromatic carbocycles. The summed E-state index contributed by atoms with van der Waals surface area (Å²) in [5.74, 6) is 0.748. The Morgan fingerprint density at radius 2 is 2.06 bits per heavy atom. The third kappa shape index (κ3) is 4.36. The zero-order chi connectivity index (χ0) is 22.8. The van der Waals surface area contributed by atoms with Crippen LogP contribution in [0.1, 0.15) is 31.7 Å². The lowest BCUT2D eigenvalue weighted by Crippen LogP contribution is -2.43. The molecule has 1 fully saturated rings. The van der Waals surface area contributed by atoms with Gasteiger partial charge in [0.1, 0.15) is 5.75 Å². The van der Waals surface area contributed by atoms with Gasteiger partial charge in [-0.15, -0.1) is 0 Å². The molecule has 1 aliphatic heterocycles. The van der Waals surface area contributed by atoms with Crippen molar-refractivity contribution in [2.24, 2.45) is 0 Å². The van der Waals surface area contributed by atoms with Gasteiger partial charge in [-0.25, -0.2) is 4.98 Å². The van der Waals surface area contributed by atoms with Crippen LogP contribution in [0.3, 0.4) is 0 Å². The normalized spacial score (nSPS) is 16.4. The lowest BCUT2D eigenvalue weighted by Gasteiger charge is -2.33. The van der Waals surface area contributed by atoms with E-state index in [2.05, 4.69) is 6.92 Å². The fraction of sp³-hybridized carbons (Fsp3) is 0.375. The van der Waals surface area contributed by atoms with E-state index in [1.54, 1.807) is 12.1 Å². The molecule has 1 aliphatic rings. The van der Waals surface area contributed by atoms with Crippen molar-refractivity contribution in [3.63, 3.8) is 0 Å². The Morgan fingerprint density at radius 1 is 1.28 bits per heavy atom. The molecule has 1 amide bonds. The summed E-state index contributed by atoms with van der Waals surface area (Å²) in [6.07, 6.45) is 3.21. The van der Waals surface area contributed by atoms with Gasteiger partial charge in [0, 0.05) is 23.7 Å². The van der Waals surface area contributed by atoms with Crippen LogP contribution in [0.5, 0.6) is 5.75 Å². The number of hydrogen-bond donors (Lipinski definition) is 0. The fourth-order valence-corrected chi connectivity index (χ4v) is 5.13. The van der Waals surface area contributed by atoms with Gasteiger partial charge in [-0.1, -0.05) is 35.5 Å². The van der Waals surface area contributed by atoms with E-state index >= 15 is 0 Å². The first kappa shape index (κ1) is 22.7. The summed E-state index contributed by atoms with van der Waals surface area (Å²) in [7, 11) is 1.54. The monoisotopic (exact) mass is 471 g/mol. The van der Waals surface area contributed by atoms with Crippen molar-refractivity contribution >= 4 is 40.2 Å². The van der Waals surface area contributed by atoms with Gasteiger partial charge in [0.15, 0.2) is 5.16 Å². The summed E-state index contributed by atoms with van der Waals surface area (Å²) in [4.78, 5) is 33.2. The first-order valence-corrected chi connectivity index (χ1v) is 12.1. The second kappa shape index (κ2) is 9.55. The van der Waals surface area contributed by atoms with Gasteiger partial charge in [-0.05, 0) is 56.9 Å². The minimum Gasteiger partial charge on any atom is -0.495 e. The van der Waals surface area contributed by atoms with Crippen LogP contribution in [0.15, 0.2) is 46.3 Å². The van der Waals surface area contributed by atoms with Crippen LogP contribution in [0, 0.1) is 6.92 Å². The number of para-hydroxylation sites is 1. The van der Waals surface area contributed by atoms with Crippen LogP contribution in [0.4, 0.5) is 0 Å². The SMILES string of the molecule is COc1cc(Cl)c(C)cc1-n1c(SCC(=O)N2CCCC[C@H]2C)nc2ccccc2c1=O. The van der Waals surface area contributed by atoms with Crippen LogP contribution in [-0.2, 0) is 4.79 Å². The zero-order valence-electron chi connectivity index (χ0n) is 18.4. The second-order valence-electron chi connectivity index (χ2n) is 8.05. The molecule has 1 aromatic heterocycles. The summed E-state index contributed by atoms with van der Waals surface area (Å²) in [6.45, 7) is 4.74. The summed E-state index contributed by atoms with van der Waals surface area (Å²) < 4.78 is 7.07. The van der Waals surface area contributed by atoms with Gasteiger partial charge in [0.2, 0.25) is 5.91 Å². The number of nitrogens with zero attached hydrogens (tertiary/aromatic N) is 3. The maximum absolute atomic E-state index is 13.5. The van der Waals surface area contributed by atoms with E-state index in [9.17, 15) is 9.59 Å². The average molecular weight is 472 g/mol. The van der Waals surface area contributed by atoms with Gasteiger partial charge < -0.3 is 9.64 Å². The molecule has 0 aliphatic carbocycles. The molecule has 0 saturated carbocycles. The number of methoxy groups -OCH3 is 1. The smallest absolute Gasteiger partial charge is 0.266 e. The van der Waals surface area contributed by atoms with Gasteiger partial charge in [-0.2, -0.15) is 0 Å². The standard InChI is InChI=1S/C24H26ClN3O3S/c1-15-12-20(21(31-3)13-18(15)25)28-23(30)17-9-4-5-10-19(17)26-24(28)32-14-22(29)27-11-7-6-8-16(27)2/h4-5,9-10,12-13,16H,6-8,11,14H2,1-3H3/t16-/m1/s1. The number of thioether (sulfide) groups is 1. The molecule has 32 heavy (non-hydrogen) atoms. The number of aryl methyl sites for hydroxylation is 1. The minimum absolute atomic E-state index is 0.0652. The quantitative estimate of drug-likeness (QED) is 0.393. The largest absolute Gasteiger partial charge is 0.495 e. The van der Waals surface area contributed by atoms with E-state index < -0.39 is 0 Å². The number of carbonyl (C=O) groups excluding carboxylic acids is 1. The first-order chi connectivity index (χ1) is 15.4. The second-order valence-corrected chi connectivity index (χ2v) is 9.40. The molecular weight excluding hydrogens is 446 g/mol. The molecule has 0 radical (unpaired) electrons. The number of amides is 1. The van der Waals surface area contributed by atoms with Gasteiger partial charge in [0.05, 0.1) is 29.5 Å². The average Bonchev–Trinajstić information content (AvgIpc) is 2.79. The number of benzene rings is 2. The molecule has 3 aromatic rings. The number of aromatic nitrogens is 2. The Kier molecular flexibility index (Phi) is 6.76. The van der Waals surface area contributed by atoms with Crippen molar-refractivity contribution in [2.75, 3.05) is 19.4 Å². The molecule has 4 rings (SSSR count). The number of halogens is 1. The Balaban J connectivity index is 1.79. The van der Waals surface area contributed by atoms with Crippen molar-refractivity contribution in [3.05, 3.63) is 57.3 Å². The number of rotatable bonds is 5. The number of likely N-dealkylation sites (tertiary alicyclic amines) is 1. The number of ether oxygens (including phenoxy) is 1. The van der Waals surface area contributed by atoms with Crippen LogP contribution in [0.2, 0.25) is 5.02 Å². The Bertz CT molecular complexity index is 1230. The summed E-state index contributed by atoms with van der Waals surface area (Å²) in [6, 6.07) is 11.0. The van der Waals surface area contributed by atoms with E-state index in [1.807, 2.05) is 36.1 Å². The zero-order valence-corrected chi connectivity index (χ0v) is 20.0. The number of piperidine rings is 1. The molecule has 8 heteroatoms. The third-order valence-corrected chi connectivity index (χ3v) is 7.22. The highest BCUT2D eigenvalue weighted by Gasteiger charge is 2.24. The lowest BCUT2D eigenvalue weighted by atomic mass is 10.0. The van der Waals surface area contributed by atoms with E-state index in [-0.39, 0.29) is 23.3 Å². The van der Waals surface area contributed by atoms with Crippen LogP contribution < -0.4 is 10.3 Å². The molecule has 0 N–H and O–H groups in total. The molecule has 2 heterocycles. The summed E-state index contributed by atoms with van der Waals surface area (Å²) in [5, 5.41) is 1.50. The molecule has 1 saturated heterocycles. The van der Waals surface area contributed by atoms with Crippen molar-refractivity contribution in [1.29, 1.82) is 0 Å². The predicted molar refractivity (Wildman–Crippen MR) is 129 cm³/mol. The van der Waals surface area contributed by atoms with Gasteiger partial charge in [0.25, 0.3) is 5.56 Å². The van der Waals surface area contributed by atoms with Crippen molar-refractivity contribution in [3.8, 4) is 11.4 Å². The number of carbonyl (C=O) groups is 1. The Hall–Kier alpha value is -2.51. The van der Waals surface area contributed by atoms with Crippen molar-refractivity contribution in [1.82, 2.24) is 14.5 Å². The molecule has 168 valence electrons. The maximum Gasteiger partial charge on any atom is 0.266 e. The summed E-state index contributed by atoms with van der Waals surface area (Å²) >= 11 is 7.57. The highest BCUT2D eigenvalue weighted by Crippen LogP contribution is 2.32. The molecule has 1 atom stereocenters. The van der Waals surface area contributed by atoms with Gasteiger partial charge in [-0.3, -0.25) is 14.2 Å². The van der Waals surface area contributed by atoms with Crippen LogP contribution in [-0.4, -0.2) is 45.8 Å². The molecule has 6 nitrogen and oxygen atoms in total. The van der Waals surface area contributed by atoms with E-state index in [0.29, 0.717) is 32.5 Å². The third-order valence-electron chi connectivity index (χ3n) is 5.89. The number of hydrogen-bond acceptors (Lipinski definition) is 5. The van der Waals surface area contributed by atoms with Crippen molar-refractivity contribution < 1.29 is 9.53 Å². The molecular formula is C24H26ClN3O3S. The number of fused-ring (bicyclic) bond motifs is 1. The fourth-order valence-electron chi connectivity index (χ4n) is 4.09. The first-order valence-electron chi connectivity index (χ1n) is 10.7. The Labute approximate surface area is 196 Å². The lowest BCUT2D eigenvalue weighted by molar-refractivity contribution is -0.131. The topological polar surface area (TPSA) is 64.4 Å². The van der Waals surface area contributed by atoms with Crippen molar-refractivity contribution in [2.45, 2.75) is 44.3 Å². The minimum atomic E-state index is -0.211. The van der Waals surface area contributed by atoms with Crippen LogP contribution >= 0.6 is 23.4 Å². The van der Waals surface area contributed by atoms with Gasteiger partial charge >= 0.3 is 0 Å². The molecule has 0 unspecified atom stereocenters.